The lowest BCUT2D eigenvalue weighted by molar-refractivity contribution is -0.128. The Morgan fingerprint density at radius 2 is 1.84 bits per heavy atom. The molecule has 31 heavy (non-hydrogen) atoms. The molecule has 1 heterocycles. The highest BCUT2D eigenvalue weighted by atomic mass is 16.5. The van der Waals surface area contributed by atoms with Crippen LogP contribution in [0.25, 0.3) is 0 Å². The lowest BCUT2D eigenvalue weighted by atomic mass is 10.1. The molecule has 2 aromatic rings. The molecule has 0 aliphatic carbocycles. The van der Waals surface area contributed by atoms with E-state index in [0.717, 1.165) is 10.5 Å². The van der Waals surface area contributed by atoms with Gasteiger partial charge in [-0.1, -0.05) is 30.3 Å². The molecule has 1 aliphatic heterocycles. The highest BCUT2D eigenvalue weighted by Crippen LogP contribution is 2.28. The van der Waals surface area contributed by atoms with Crippen LogP contribution in [0.4, 0.5) is 16.2 Å². The summed E-state index contributed by atoms with van der Waals surface area (Å²) in [6.07, 6.45) is 0.179. The summed E-state index contributed by atoms with van der Waals surface area (Å²) in [4.78, 5) is 49.6. The molecule has 3 rings (SSSR count). The van der Waals surface area contributed by atoms with Gasteiger partial charge in [0, 0.05) is 19.0 Å². The number of carbonyl (C=O) groups is 4. The van der Waals surface area contributed by atoms with E-state index in [0.29, 0.717) is 17.1 Å². The maximum atomic E-state index is 12.6. The van der Waals surface area contributed by atoms with Gasteiger partial charge in [-0.25, -0.2) is 4.79 Å². The number of rotatable bonds is 8. The van der Waals surface area contributed by atoms with E-state index >= 15 is 0 Å². The summed E-state index contributed by atoms with van der Waals surface area (Å²) in [6, 6.07) is 12.9. The number of benzene rings is 2. The van der Waals surface area contributed by atoms with Crippen molar-refractivity contribution in [3.05, 3.63) is 54.1 Å². The molecule has 9 heteroatoms. The molecule has 0 saturated carbocycles. The Morgan fingerprint density at radius 1 is 1.10 bits per heavy atom. The Balaban J connectivity index is 1.58. The molecule has 1 atom stereocenters. The molecule has 162 valence electrons. The first-order chi connectivity index (χ1) is 14.9. The molecule has 5 amide bonds. The number of ether oxygens (including phenoxy) is 1. The maximum absolute atomic E-state index is 12.6. The first kappa shape index (κ1) is 21.8. The van der Waals surface area contributed by atoms with Crippen LogP contribution in [0.3, 0.4) is 0 Å². The molecule has 1 saturated heterocycles. The molecule has 0 bridgehead atoms. The fourth-order valence-electron chi connectivity index (χ4n) is 3.26. The first-order valence-corrected chi connectivity index (χ1v) is 9.78. The van der Waals surface area contributed by atoms with E-state index in [-0.39, 0.29) is 37.1 Å². The molecule has 3 N–H and O–H groups in total. The Hall–Kier alpha value is -3.88. The van der Waals surface area contributed by atoms with Gasteiger partial charge in [-0.2, -0.15) is 0 Å². The number of anilines is 2. The third-order valence-electron chi connectivity index (χ3n) is 4.74. The summed E-state index contributed by atoms with van der Waals surface area (Å²) in [5, 5.41) is 7.99. The molecule has 1 fully saturated rings. The van der Waals surface area contributed by atoms with Crippen molar-refractivity contribution in [3.8, 4) is 5.75 Å². The largest absolute Gasteiger partial charge is 0.495 e. The van der Waals surface area contributed by atoms with Gasteiger partial charge in [-0.15, -0.1) is 0 Å². The molecule has 1 unspecified atom stereocenters. The van der Waals surface area contributed by atoms with Gasteiger partial charge in [0.15, 0.2) is 0 Å². The minimum Gasteiger partial charge on any atom is -0.495 e. The van der Waals surface area contributed by atoms with Crippen LogP contribution in [-0.2, 0) is 20.9 Å². The highest BCUT2D eigenvalue weighted by Gasteiger charge is 2.37. The predicted molar refractivity (Wildman–Crippen MR) is 114 cm³/mol. The number of amides is 5. The molecular formula is C22H24N4O5. The number of hydrogen-bond donors (Lipinski definition) is 3. The Bertz CT molecular complexity index is 993. The monoisotopic (exact) mass is 424 g/mol. The molecule has 0 spiro atoms. The number of nitrogens with one attached hydrogen (secondary N) is 3. The minimum atomic E-state index is -0.755. The summed E-state index contributed by atoms with van der Waals surface area (Å²) >= 11 is 0. The molecule has 1 aliphatic rings. The Labute approximate surface area is 179 Å². The highest BCUT2D eigenvalue weighted by molar-refractivity contribution is 6.04. The van der Waals surface area contributed by atoms with Crippen molar-refractivity contribution in [2.45, 2.75) is 32.4 Å². The van der Waals surface area contributed by atoms with E-state index in [9.17, 15) is 19.2 Å². The van der Waals surface area contributed by atoms with Crippen LogP contribution in [0.5, 0.6) is 5.75 Å². The second-order valence-corrected chi connectivity index (χ2v) is 7.10. The van der Waals surface area contributed by atoms with Crippen LogP contribution in [0.2, 0.25) is 0 Å². The van der Waals surface area contributed by atoms with Gasteiger partial charge in [-0.3, -0.25) is 19.3 Å². The summed E-state index contributed by atoms with van der Waals surface area (Å²) < 4.78 is 5.24. The van der Waals surface area contributed by atoms with E-state index in [1.807, 2.05) is 30.3 Å². The van der Waals surface area contributed by atoms with Gasteiger partial charge >= 0.3 is 6.03 Å². The second kappa shape index (κ2) is 9.75. The van der Waals surface area contributed by atoms with Gasteiger partial charge in [0.1, 0.15) is 11.8 Å². The third kappa shape index (κ3) is 5.59. The quantitative estimate of drug-likeness (QED) is 0.563. The predicted octanol–water partition coefficient (Wildman–Crippen LogP) is 2.49. The smallest absolute Gasteiger partial charge is 0.325 e. The van der Waals surface area contributed by atoms with Crippen molar-refractivity contribution < 1.29 is 23.9 Å². The zero-order valence-electron chi connectivity index (χ0n) is 17.3. The lowest BCUT2D eigenvalue weighted by Gasteiger charge is -2.14. The standard InChI is InChI=1S/C22H24N4O5/c1-14(27)23-16-8-10-19(31-2)18(12-16)24-20(28)11-9-17-21(29)26(22(30)25-17)13-15-6-4-3-5-7-15/h3-8,10,12,17H,9,11,13H2,1-2H3,(H,23,27)(H,24,28)(H,25,30). The zero-order valence-corrected chi connectivity index (χ0v) is 17.3. The van der Waals surface area contributed by atoms with Crippen molar-refractivity contribution in [1.82, 2.24) is 10.2 Å². The van der Waals surface area contributed by atoms with E-state index in [4.69, 9.17) is 4.74 Å². The summed E-state index contributed by atoms with van der Waals surface area (Å²) in [7, 11) is 1.47. The summed E-state index contributed by atoms with van der Waals surface area (Å²) in [5.41, 5.74) is 1.75. The van der Waals surface area contributed by atoms with Crippen molar-refractivity contribution in [2.75, 3.05) is 17.7 Å². The van der Waals surface area contributed by atoms with Crippen molar-refractivity contribution in [2.24, 2.45) is 0 Å². The maximum Gasteiger partial charge on any atom is 0.325 e. The Morgan fingerprint density at radius 3 is 2.52 bits per heavy atom. The second-order valence-electron chi connectivity index (χ2n) is 7.10. The topological polar surface area (TPSA) is 117 Å². The molecule has 9 nitrogen and oxygen atoms in total. The van der Waals surface area contributed by atoms with Crippen LogP contribution in [0.15, 0.2) is 48.5 Å². The van der Waals surface area contributed by atoms with Gasteiger partial charge in [0.25, 0.3) is 5.91 Å². The number of methoxy groups -OCH3 is 1. The number of nitrogens with zero attached hydrogens (tertiary/aromatic N) is 1. The molecule has 2 aromatic carbocycles. The SMILES string of the molecule is COc1ccc(NC(C)=O)cc1NC(=O)CCC1NC(=O)N(Cc2ccccc2)C1=O. The molecular weight excluding hydrogens is 400 g/mol. The molecule has 0 aromatic heterocycles. The van der Waals surface area contributed by atoms with Crippen LogP contribution in [0.1, 0.15) is 25.3 Å². The summed E-state index contributed by atoms with van der Waals surface area (Å²) in [6.45, 7) is 1.57. The van der Waals surface area contributed by atoms with Crippen molar-refractivity contribution in [3.63, 3.8) is 0 Å². The minimum absolute atomic E-state index is 0.0172. The number of carbonyl (C=O) groups excluding carboxylic acids is 4. The van der Waals surface area contributed by atoms with Crippen LogP contribution < -0.4 is 20.7 Å². The van der Waals surface area contributed by atoms with Crippen LogP contribution in [0, 0.1) is 0 Å². The van der Waals surface area contributed by atoms with Crippen molar-refractivity contribution >= 4 is 35.1 Å². The lowest BCUT2D eigenvalue weighted by Crippen LogP contribution is -2.31. The number of urea groups is 1. The van der Waals surface area contributed by atoms with Gasteiger partial charge in [0.05, 0.1) is 19.3 Å². The average molecular weight is 424 g/mol. The van der Waals surface area contributed by atoms with Crippen LogP contribution >= 0.6 is 0 Å². The number of imide groups is 1. The molecule has 0 radical (unpaired) electrons. The van der Waals surface area contributed by atoms with E-state index in [1.54, 1.807) is 18.2 Å². The van der Waals surface area contributed by atoms with Gasteiger partial charge in [-0.05, 0) is 30.2 Å². The van der Waals surface area contributed by atoms with Gasteiger partial charge in [0.2, 0.25) is 11.8 Å². The Kier molecular flexibility index (Phi) is 6.86. The van der Waals surface area contributed by atoms with Gasteiger partial charge < -0.3 is 20.7 Å². The normalized spacial score (nSPS) is 15.4. The third-order valence-corrected chi connectivity index (χ3v) is 4.74. The van der Waals surface area contributed by atoms with E-state index in [1.165, 1.54) is 14.0 Å². The number of hydrogen-bond acceptors (Lipinski definition) is 5. The fourth-order valence-corrected chi connectivity index (χ4v) is 3.26. The fraction of sp³-hybridized carbons (Fsp3) is 0.273. The van der Waals surface area contributed by atoms with E-state index in [2.05, 4.69) is 16.0 Å². The van der Waals surface area contributed by atoms with Crippen molar-refractivity contribution in [1.29, 1.82) is 0 Å². The first-order valence-electron chi connectivity index (χ1n) is 9.78. The van der Waals surface area contributed by atoms with Crippen LogP contribution in [-0.4, -0.2) is 41.8 Å². The summed E-state index contributed by atoms with van der Waals surface area (Å²) in [5.74, 6) is -0.506. The van der Waals surface area contributed by atoms with E-state index < -0.39 is 12.1 Å². The average Bonchev–Trinajstić information content (AvgIpc) is 3.00. The zero-order chi connectivity index (χ0) is 22.4.